The Morgan fingerprint density at radius 3 is 2.50 bits per heavy atom. The lowest BCUT2D eigenvalue weighted by atomic mass is 9.70. The fourth-order valence-electron chi connectivity index (χ4n) is 4.17. The molecule has 1 aliphatic rings. The molecule has 0 spiro atoms. The molecule has 0 heterocycles. The number of amides is 1. The van der Waals surface area contributed by atoms with E-state index in [1.807, 2.05) is 13.8 Å². The molecule has 2 N–H and O–H groups in total. The van der Waals surface area contributed by atoms with Crippen LogP contribution in [0.2, 0.25) is 0 Å². The van der Waals surface area contributed by atoms with Crippen LogP contribution in [-0.4, -0.2) is 26.6 Å². The van der Waals surface area contributed by atoms with Gasteiger partial charge in [-0.05, 0) is 61.1 Å². The van der Waals surface area contributed by atoms with Gasteiger partial charge in [0.2, 0.25) is 15.9 Å². The minimum absolute atomic E-state index is 0.0262. The number of carbonyl (C=O) groups is 1. The quantitative estimate of drug-likeness (QED) is 0.542. The van der Waals surface area contributed by atoms with Gasteiger partial charge in [-0.2, -0.15) is 0 Å². The predicted molar refractivity (Wildman–Crippen MR) is 119 cm³/mol. The highest BCUT2D eigenvalue weighted by Crippen LogP contribution is 2.38. The van der Waals surface area contributed by atoms with Crippen LogP contribution in [0.5, 0.6) is 0 Å². The SMILES string of the molecule is CCCS(=O)(=O)NCC1C=C(C)C(CC(=O)NCc2ccc(F)cc2)CC1C(C)C. The van der Waals surface area contributed by atoms with Crippen LogP contribution in [0.1, 0.15) is 52.5 Å². The number of carbonyl (C=O) groups excluding carboxylic acids is 1. The van der Waals surface area contributed by atoms with Gasteiger partial charge in [0, 0.05) is 19.5 Å². The van der Waals surface area contributed by atoms with Gasteiger partial charge in [0.25, 0.3) is 0 Å². The predicted octanol–water partition coefficient (Wildman–Crippen LogP) is 4.02. The lowest BCUT2D eigenvalue weighted by Crippen LogP contribution is -2.38. The van der Waals surface area contributed by atoms with Crippen LogP contribution in [-0.2, 0) is 21.4 Å². The Hall–Kier alpha value is -1.73. The van der Waals surface area contributed by atoms with Crippen LogP contribution in [0.25, 0.3) is 0 Å². The second-order valence-corrected chi connectivity index (χ2v) is 10.6. The first-order valence-electron chi connectivity index (χ1n) is 10.8. The number of halogens is 1. The standard InChI is InChI=1S/C23H35FN2O3S/c1-5-10-30(28,29)26-15-20-11-17(4)19(12-22(20)16(2)3)13-23(27)25-14-18-6-8-21(24)9-7-18/h6-9,11,16,19-20,22,26H,5,10,12-15H2,1-4H3,(H,25,27). The van der Waals surface area contributed by atoms with Gasteiger partial charge in [0.05, 0.1) is 5.75 Å². The molecule has 30 heavy (non-hydrogen) atoms. The van der Waals surface area contributed by atoms with Gasteiger partial charge < -0.3 is 5.32 Å². The second kappa shape index (κ2) is 11.0. The summed E-state index contributed by atoms with van der Waals surface area (Å²) in [4.78, 5) is 12.5. The van der Waals surface area contributed by atoms with E-state index < -0.39 is 10.0 Å². The molecule has 1 aliphatic carbocycles. The summed E-state index contributed by atoms with van der Waals surface area (Å²) in [6.45, 7) is 8.97. The minimum atomic E-state index is -3.23. The number of nitrogens with one attached hydrogen (secondary N) is 2. The molecule has 2 rings (SSSR count). The number of hydrogen-bond acceptors (Lipinski definition) is 3. The van der Waals surface area contributed by atoms with Crippen LogP contribution in [0.3, 0.4) is 0 Å². The molecule has 0 saturated carbocycles. The van der Waals surface area contributed by atoms with Gasteiger partial charge in [-0.15, -0.1) is 0 Å². The molecular formula is C23H35FN2O3S. The van der Waals surface area contributed by atoms with E-state index in [0.717, 1.165) is 17.6 Å². The Morgan fingerprint density at radius 2 is 1.90 bits per heavy atom. The van der Waals surface area contributed by atoms with Crippen molar-refractivity contribution in [3.05, 3.63) is 47.3 Å². The van der Waals surface area contributed by atoms with E-state index in [4.69, 9.17) is 0 Å². The maximum absolute atomic E-state index is 13.0. The first-order valence-corrected chi connectivity index (χ1v) is 12.4. The Kier molecular flexibility index (Phi) is 9.04. The van der Waals surface area contributed by atoms with Crippen molar-refractivity contribution < 1.29 is 17.6 Å². The normalized spacial score (nSPS) is 22.1. The van der Waals surface area contributed by atoms with Crippen molar-refractivity contribution >= 4 is 15.9 Å². The van der Waals surface area contributed by atoms with Gasteiger partial charge >= 0.3 is 0 Å². The van der Waals surface area contributed by atoms with E-state index in [9.17, 15) is 17.6 Å². The van der Waals surface area contributed by atoms with Crippen molar-refractivity contribution in [1.29, 1.82) is 0 Å². The molecule has 1 aromatic rings. The van der Waals surface area contributed by atoms with E-state index in [1.54, 1.807) is 12.1 Å². The molecular weight excluding hydrogens is 403 g/mol. The van der Waals surface area contributed by atoms with Gasteiger partial charge in [-0.25, -0.2) is 17.5 Å². The van der Waals surface area contributed by atoms with E-state index in [-0.39, 0.29) is 29.3 Å². The molecule has 7 heteroatoms. The maximum Gasteiger partial charge on any atom is 0.220 e. The third-order valence-electron chi connectivity index (χ3n) is 5.93. The Bertz CT molecular complexity index is 835. The summed E-state index contributed by atoms with van der Waals surface area (Å²) in [7, 11) is -3.23. The average molecular weight is 439 g/mol. The fourth-order valence-corrected chi connectivity index (χ4v) is 5.30. The molecule has 1 amide bonds. The number of sulfonamides is 1. The first kappa shape index (κ1) is 24.5. The van der Waals surface area contributed by atoms with Crippen molar-refractivity contribution in [3.63, 3.8) is 0 Å². The largest absolute Gasteiger partial charge is 0.352 e. The van der Waals surface area contributed by atoms with Crippen molar-refractivity contribution in [1.82, 2.24) is 10.0 Å². The van der Waals surface area contributed by atoms with Gasteiger partial charge in [0.1, 0.15) is 5.82 Å². The molecule has 0 bridgehead atoms. The maximum atomic E-state index is 13.0. The monoisotopic (exact) mass is 438 g/mol. The highest BCUT2D eigenvalue weighted by atomic mass is 32.2. The highest BCUT2D eigenvalue weighted by molar-refractivity contribution is 7.89. The molecule has 0 aromatic heterocycles. The lowest BCUT2D eigenvalue weighted by Gasteiger charge is -2.37. The summed E-state index contributed by atoms with van der Waals surface area (Å²) in [5.41, 5.74) is 2.00. The van der Waals surface area contributed by atoms with Gasteiger partial charge in [-0.1, -0.05) is 44.6 Å². The zero-order chi connectivity index (χ0) is 22.3. The van der Waals surface area contributed by atoms with E-state index >= 15 is 0 Å². The molecule has 0 radical (unpaired) electrons. The van der Waals surface area contributed by atoms with Crippen LogP contribution in [0.4, 0.5) is 4.39 Å². The molecule has 0 fully saturated rings. The smallest absolute Gasteiger partial charge is 0.220 e. The van der Waals surface area contributed by atoms with Crippen molar-refractivity contribution in [2.24, 2.45) is 23.7 Å². The van der Waals surface area contributed by atoms with Crippen molar-refractivity contribution in [3.8, 4) is 0 Å². The van der Waals surface area contributed by atoms with Crippen molar-refractivity contribution in [2.75, 3.05) is 12.3 Å². The van der Waals surface area contributed by atoms with Crippen LogP contribution >= 0.6 is 0 Å². The molecule has 0 aliphatic heterocycles. The van der Waals surface area contributed by atoms with Crippen LogP contribution < -0.4 is 10.0 Å². The topological polar surface area (TPSA) is 75.3 Å². The average Bonchev–Trinajstić information content (AvgIpc) is 2.67. The minimum Gasteiger partial charge on any atom is -0.352 e. The lowest BCUT2D eigenvalue weighted by molar-refractivity contribution is -0.122. The summed E-state index contributed by atoms with van der Waals surface area (Å²) in [6.07, 6.45) is 4.02. The van der Waals surface area contributed by atoms with E-state index in [2.05, 4.69) is 30.0 Å². The van der Waals surface area contributed by atoms with Crippen LogP contribution in [0, 0.1) is 29.5 Å². The number of rotatable bonds is 10. The zero-order valence-corrected chi connectivity index (χ0v) is 19.3. The van der Waals surface area contributed by atoms with E-state index in [1.165, 1.54) is 12.1 Å². The Balaban J connectivity index is 1.97. The third kappa shape index (κ3) is 7.51. The van der Waals surface area contributed by atoms with Gasteiger partial charge in [0.15, 0.2) is 0 Å². The first-order chi connectivity index (χ1) is 14.1. The molecule has 3 atom stereocenters. The van der Waals surface area contributed by atoms with Gasteiger partial charge in [-0.3, -0.25) is 4.79 Å². The molecule has 1 aromatic carbocycles. The molecule has 5 nitrogen and oxygen atoms in total. The zero-order valence-electron chi connectivity index (χ0n) is 18.4. The fraction of sp³-hybridized carbons (Fsp3) is 0.609. The molecule has 3 unspecified atom stereocenters. The summed E-state index contributed by atoms with van der Waals surface area (Å²) >= 11 is 0. The van der Waals surface area contributed by atoms with E-state index in [0.29, 0.717) is 37.8 Å². The van der Waals surface area contributed by atoms with Crippen molar-refractivity contribution in [2.45, 2.75) is 53.5 Å². The summed E-state index contributed by atoms with van der Waals surface area (Å²) in [5, 5.41) is 2.92. The summed E-state index contributed by atoms with van der Waals surface area (Å²) in [5.74, 6) is 0.809. The molecule has 168 valence electrons. The van der Waals surface area contributed by atoms with Crippen LogP contribution in [0.15, 0.2) is 35.9 Å². The molecule has 0 saturated heterocycles. The number of benzene rings is 1. The Morgan fingerprint density at radius 1 is 1.23 bits per heavy atom. The second-order valence-electron chi connectivity index (χ2n) is 8.69. The Labute approximate surface area is 180 Å². The number of hydrogen-bond donors (Lipinski definition) is 2. The third-order valence-corrected chi connectivity index (χ3v) is 7.48. The summed E-state index contributed by atoms with van der Waals surface area (Å²) < 4.78 is 39.8. The highest BCUT2D eigenvalue weighted by Gasteiger charge is 2.33. The number of allylic oxidation sites excluding steroid dienone is 1. The summed E-state index contributed by atoms with van der Waals surface area (Å²) in [6, 6.07) is 6.11.